The van der Waals surface area contributed by atoms with Crippen molar-refractivity contribution >= 4 is 33.9 Å². The summed E-state index contributed by atoms with van der Waals surface area (Å²) < 4.78 is 3.68. The zero-order chi connectivity index (χ0) is 15.5. The summed E-state index contributed by atoms with van der Waals surface area (Å²) in [5, 5.41) is 7.02. The summed E-state index contributed by atoms with van der Waals surface area (Å²) in [6.07, 6.45) is 4.07. The third-order valence-corrected chi connectivity index (χ3v) is 4.88. The molecule has 112 valence electrons. The van der Waals surface area contributed by atoms with Crippen molar-refractivity contribution in [3.63, 3.8) is 0 Å². The van der Waals surface area contributed by atoms with E-state index in [0.29, 0.717) is 10.0 Å². The molecule has 1 amide bonds. The zero-order valence-corrected chi connectivity index (χ0v) is 13.8. The number of nitrogens with one attached hydrogen (secondary N) is 1. The van der Waals surface area contributed by atoms with Crippen molar-refractivity contribution < 1.29 is 4.79 Å². The summed E-state index contributed by atoms with van der Waals surface area (Å²) in [6.45, 7) is 4.22. The molecule has 0 spiro atoms. The van der Waals surface area contributed by atoms with E-state index in [1.807, 2.05) is 0 Å². The summed E-state index contributed by atoms with van der Waals surface area (Å²) in [5.41, 5.74) is 3.82. The molecule has 3 rings (SSSR count). The molecule has 0 atom stereocenters. The van der Waals surface area contributed by atoms with Gasteiger partial charge in [-0.25, -0.2) is 4.98 Å². The monoisotopic (exact) mass is 330 g/mol. The Labute approximate surface area is 136 Å². The van der Waals surface area contributed by atoms with E-state index >= 15 is 0 Å². The minimum absolute atomic E-state index is 0.220. The Hall–Kier alpha value is -2.12. The molecule has 2 aromatic heterocycles. The molecule has 3 aromatic rings. The quantitative estimate of drug-likeness (QED) is 0.795. The number of nitrogens with zero attached hydrogens (tertiary/aromatic N) is 3. The number of hydrogen-bond donors (Lipinski definition) is 1. The Morgan fingerprint density at radius 1 is 1.23 bits per heavy atom. The van der Waals surface area contributed by atoms with Gasteiger partial charge in [-0.2, -0.15) is 0 Å². The highest BCUT2D eigenvalue weighted by Crippen LogP contribution is 2.23. The molecule has 22 heavy (non-hydrogen) atoms. The van der Waals surface area contributed by atoms with Gasteiger partial charge in [0.2, 0.25) is 0 Å². The molecule has 1 aromatic carbocycles. The van der Waals surface area contributed by atoms with Gasteiger partial charge in [-0.3, -0.25) is 10.1 Å². The van der Waals surface area contributed by atoms with Gasteiger partial charge >= 0.3 is 0 Å². The first kappa shape index (κ1) is 14.8. The predicted molar refractivity (Wildman–Crippen MR) is 88.7 cm³/mol. The summed E-state index contributed by atoms with van der Waals surface area (Å²) in [5.74, 6) is -0.220. The Morgan fingerprint density at radius 3 is 2.82 bits per heavy atom. The number of aryl methyl sites for hydroxylation is 2. The van der Waals surface area contributed by atoms with Crippen molar-refractivity contribution in [2.45, 2.75) is 20.3 Å². The van der Waals surface area contributed by atoms with Gasteiger partial charge < -0.3 is 0 Å². The first-order valence-corrected chi connectivity index (χ1v) is 8.30. The summed E-state index contributed by atoms with van der Waals surface area (Å²) in [7, 11) is 0. The SMILES string of the molecule is Cc1ccc(Cc2cnc(NC(=O)c3cnns3)s2)cc1C. The van der Waals surface area contributed by atoms with Gasteiger partial charge in [-0.05, 0) is 42.1 Å². The van der Waals surface area contributed by atoms with Crippen molar-refractivity contribution in [3.8, 4) is 0 Å². The number of anilines is 1. The largest absolute Gasteiger partial charge is 0.297 e. The fourth-order valence-corrected chi connectivity index (χ4v) is 3.24. The number of rotatable bonds is 4. The third kappa shape index (κ3) is 3.37. The second-order valence-corrected chi connectivity index (χ2v) is 6.86. The van der Waals surface area contributed by atoms with E-state index in [1.165, 1.54) is 34.2 Å². The number of thiazole rings is 1. The molecule has 0 radical (unpaired) electrons. The van der Waals surface area contributed by atoms with Crippen molar-refractivity contribution in [1.29, 1.82) is 0 Å². The Bertz CT molecular complexity index is 796. The molecule has 5 nitrogen and oxygen atoms in total. The van der Waals surface area contributed by atoms with Crippen LogP contribution in [0.15, 0.2) is 30.6 Å². The predicted octanol–water partition coefficient (Wildman–Crippen LogP) is 3.45. The Morgan fingerprint density at radius 2 is 2.09 bits per heavy atom. The van der Waals surface area contributed by atoms with Gasteiger partial charge in [0.25, 0.3) is 5.91 Å². The molecule has 0 aliphatic rings. The van der Waals surface area contributed by atoms with E-state index in [1.54, 1.807) is 6.20 Å². The molecule has 2 heterocycles. The molecule has 0 saturated heterocycles. The molecule has 0 fully saturated rings. The van der Waals surface area contributed by atoms with Gasteiger partial charge in [0.05, 0.1) is 6.20 Å². The Balaban J connectivity index is 1.68. The fraction of sp³-hybridized carbons (Fsp3) is 0.200. The second-order valence-electron chi connectivity index (χ2n) is 4.96. The lowest BCUT2D eigenvalue weighted by Crippen LogP contribution is -2.09. The average molecular weight is 330 g/mol. The molecule has 0 unspecified atom stereocenters. The van der Waals surface area contributed by atoms with Crippen LogP contribution in [-0.4, -0.2) is 20.5 Å². The van der Waals surface area contributed by atoms with Crippen molar-refractivity contribution in [3.05, 3.63) is 57.0 Å². The van der Waals surface area contributed by atoms with E-state index in [9.17, 15) is 4.79 Å². The molecule has 0 aliphatic carbocycles. The van der Waals surface area contributed by atoms with Crippen LogP contribution < -0.4 is 5.32 Å². The minimum Gasteiger partial charge on any atom is -0.297 e. The lowest BCUT2D eigenvalue weighted by Gasteiger charge is -2.03. The zero-order valence-electron chi connectivity index (χ0n) is 12.2. The molecular formula is C15H14N4OS2. The maximum absolute atomic E-state index is 11.9. The topological polar surface area (TPSA) is 67.8 Å². The third-order valence-electron chi connectivity index (χ3n) is 3.31. The van der Waals surface area contributed by atoms with Gasteiger partial charge in [0.1, 0.15) is 4.88 Å². The summed E-state index contributed by atoms with van der Waals surface area (Å²) in [4.78, 5) is 17.8. The number of aromatic nitrogens is 3. The maximum atomic E-state index is 11.9. The molecule has 0 aliphatic heterocycles. The van der Waals surface area contributed by atoms with Crippen LogP contribution in [-0.2, 0) is 6.42 Å². The molecule has 7 heteroatoms. The lowest BCUT2D eigenvalue weighted by molar-refractivity contribution is 0.103. The number of benzene rings is 1. The van der Waals surface area contributed by atoms with Crippen LogP contribution in [0.25, 0.3) is 0 Å². The summed E-state index contributed by atoms with van der Waals surface area (Å²) in [6, 6.07) is 6.45. The first-order valence-electron chi connectivity index (χ1n) is 6.71. The molecule has 0 saturated carbocycles. The highest BCUT2D eigenvalue weighted by atomic mass is 32.1. The first-order chi connectivity index (χ1) is 10.6. The lowest BCUT2D eigenvalue weighted by atomic mass is 10.0. The van der Waals surface area contributed by atoms with Crippen molar-refractivity contribution in [2.75, 3.05) is 5.32 Å². The van der Waals surface area contributed by atoms with Gasteiger partial charge in [0, 0.05) is 17.5 Å². The van der Waals surface area contributed by atoms with Crippen LogP contribution in [0.5, 0.6) is 0 Å². The van der Waals surface area contributed by atoms with Gasteiger partial charge in [-0.1, -0.05) is 22.7 Å². The van der Waals surface area contributed by atoms with E-state index in [0.717, 1.165) is 22.8 Å². The van der Waals surface area contributed by atoms with E-state index in [2.05, 4.69) is 51.9 Å². The highest BCUT2D eigenvalue weighted by Gasteiger charge is 2.11. The van der Waals surface area contributed by atoms with Crippen molar-refractivity contribution in [2.24, 2.45) is 0 Å². The van der Waals surface area contributed by atoms with Gasteiger partial charge in [0.15, 0.2) is 5.13 Å². The van der Waals surface area contributed by atoms with E-state index in [-0.39, 0.29) is 5.91 Å². The van der Waals surface area contributed by atoms with Crippen LogP contribution in [0.2, 0.25) is 0 Å². The number of hydrogen-bond acceptors (Lipinski definition) is 6. The highest BCUT2D eigenvalue weighted by molar-refractivity contribution is 7.16. The normalized spacial score (nSPS) is 10.6. The second kappa shape index (κ2) is 6.33. The maximum Gasteiger partial charge on any atom is 0.270 e. The Kier molecular flexibility index (Phi) is 4.26. The van der Waals surface area contributed by atoms with Crippen LogP contribution in [0.4, 0.5) is 5.13 Å². The van der Waals surface area contributed by atoms with E-state index in [4.69, 9.17) is 0 Å². The fourth-order valence-electron chi connectivity index (χ4n) is 1.99. The summed E-state index contributed by atoms with van der Waals surface area (Å²) >= 11 is 2.55. The van der Waals surface area contributed by atoms with E-state index < -0.39 is 0 Å². The smallest absolute Gasteiger partial charge is 0.270 e. The minimum atomic E-state index is -0.220. The average Bonchev–Trinajstić information content (AvgIpc) is 3.15. The molecule has 1 N–H and O–H groups in total. The number of carbonyl (C=O) groups excluding carboxylic acids is 1. The van der Waals surface area contributed by atoms with Crippen LogP contribution in [0, 0.1) is 13.8 Å². The van der Waals surface area contributed by atoms with Crippen LogP contribution in [0.1, 0.15) is 31.2 Å². The van der Waals surface area contributed by atoms with Gasteiger partial charge in [-0.15, -0.1) is 16.4 Å². The van der Waals surface area contributed by atoms with Crippen LogP contribution >= 0.6 is 22.9 Å². The number of amides is 1. The molecular weight excluding hydrogens is 316 g/mol. The van der Waals surface area contributed by atoms with Crippen molar-refractivity contribution in [1.82, 2.24) is 14.6 Å². The van der Waals surface area contributed by atoms with Crippen LogP contribution in [0.3, 0.4) is 0 Å². The molecule has 0 bridgehead atoms. The number of carbonyl (C=O) groups is 1. The standard InChI is InChI=1S/C15H14N4OS2/c1-9-3-4-11(5-10(9)2)6-12-7-16-15(21-12)18-14(20)13-8-17-19-22-13/h3-5,7-8H,6H2,1-2H3,(H,16,18,20).